The van der Waals surface area contributed by atoms with Gasteiger partial charge in [0.25, 0.3) is 0 Å². The van der Waals surface area contributed by atoms with E-state index in [9.17, 15) is 9.59 Å². The molecule has 2 rings (SSSR count). The van der Waals surface area contributed by atoms with Crippen LogP contribution in [0.5, 0.6) is 0 Å². The van der Waals surface area contributed by atoms with E-state index in [0.717, 1.165) is 25.7 Å². The molecule has 5 heteroatoms. The van der Waals surface area contributed by atoms with Crippen LogP contribution in [-0.2, 0) is 14.3 Å². The SMILES string of the molecule is CCOC(=O)CN(C(=O)CC1CCSCC1)C1CC1. The van der Waals surface area contributed by atoms with Crippen molar-refractivity contribution in [2.45, 2.75) is 45.1 Å². The molecule has 4 nitrogen and oxygen atoms in total. The van der Waals surface area contributed by atoms with Gasteiger partial charge in [-0.15, -0.1) is 0 Å². The van der Waals surface area contributed by atoms with Crippen molar-refractivity contribution in [3.63, 3.8) is 0 Å². The fourth-order valence-electron chi connectivity index (χ4n) is 2.47. The molecule has 1 heterocycles. The lowest BCUT2D eigenvalue weighted by Crippen LogP contribution is -2.39. The molecule has 1 aliphatic heterocycles. The second-order valence-corrected chi connectivity index (χ2v) is 6.54. The summed E-state index contributed by atoms with van der Waals surface area (Å²) in [6, 6.07) is 0.287. The molecule has 0 atom stereocenters. The van der Waals surface area contributed by atoms with Gasteiger partial charge in [0.15, 0.2) is 0 Å². The monoisotopic (exact) mass is 285 g/mol. The summed E-state index contributed by atoms with van der Waals surface area (Å²) in [6.45, 7) is 2.31. The van der Waals surface area contributed by atoms with E-state index in [2.05, 4.69) is 0 Å². The van der Waals surface area contributed by atoms with Crippen molar-refractivity contribution in [3.05, 3.63) is 0 Å². The number of nitrogens with zero attached hydrogens (tertiary/aromatic N) is 1. The molecule has 0 N–H and O–H groups in total. The van der Waals surface area contributed by atoms with Crippen molar-refractivity contribution in [1.82, 2.24) is 4.90 Å². The van der Waals surface area contributed by atoms with Gasteiger partial charge < -0.3 is 9.64 Å². The van der Waals surface area contributed by atoms with E-state index < -0.39 is 0 Å². The van der Waals surface area contributed by atoms with E-state index >= 15 is 0 Å². The quantitative estimate of drug-likeness (QED) is 0.701. The molecule has 108 valence electrons. The number of hydrogen-bond acceptors (Lipinski definition) is 4. The topological polar surface area (TPSA) is 46.6 Å². The van der Waals surface area contributed by atoms with Crippen molar-refractivity contribution < 1.29 is 14.3 Å². The summed E-state index contributed by atoms with van der Waals surface area (Å²) in [7, 11) is 0. The lowest BCUT2D eigenvalue weighted by molar-refractivity contribution is -0.149. The van der Waals surface area contributed by atoms with Gasteiger partial charge in [0.05, 0.1) is 6.61 Å². The Kier molecular flexibility index (Phi) is 5.55. The highest BCUT2D eigenvalue weighted by molar-refractivity contribution is 7.99. The third-order valence-electron chi connectivity index (χ3n) is 3.72. The molecule has 1 saturated carbocycles. The predicted molar refractivity (Wildman–Crippen MR) is 76.0 cm³/mol. The number of ether oxygens (including phenoxy) is 1. The summed E-state index contributed by atoms with van der Waals surface area (Å²) in [4.78, 5) is 25.7. The predicted octanol–water partition coefficient (Wildman–Crippen LogP) is 2.07. The number of thioether (sulfide) groups is 1. The van der Waals surface area contributed by atoms with Gasteiger partial charge in [-0.05, 0) is 50.0 Å². The first-order valence-corrected chi connectivity index (χ1v) is 8.39. The number of amides is 1. The standard InChI is InChI=1S/C14H23NO3S/c1-2-18-14(17)10-15(12-3-4-12)13(16)9-11-5-7-19-8-6-11/h11-12H,2-10H2,1H3. The van der Waals surface area contributed by atoms with Gasteiger partial charge in [0.1, 0.15) is 6.54 Å². The van der Waals surface area contributed by atoms with Crippen LogP contribution in [0.15, 0.2) is 0 Å². The van der Waals surface area contributed by atoms with Crippen LogP contribution in [0, 0.1) is 5.92 Å². The van der Waals surface area contributed by atoms with Crippen molar-refractivity contribution in [1.29, 1.82) is 0 Å². The fourth-order valence-corrected chi connectivity index (χ4v) is 3.67. The molecule has 1 saturated heterocycles. The van der Waals surface area contributed by atoms with E-state index in [4.69, 9.17) is 4.74 Å². The molecule has 0 unspecified atom stereocenters. The maximum atomic E-state index is 12.3. The minimum atomic E-state index is -0.276. The van der Waals surface area contributed by atoms with Gasteiger partial charge in [0.2, 0.25) is 5.91 Å². The Morgan fingerprint density at radius 3 is 2.47 bits per heavy atom. The molecule has 0 radical (unpaired) electrons. The zero-order valence-electron chi connectivity index (χ0n) is 11.6. The van der Waals surface area contributed by atoms with E-state index in [-0.39, 0.29) is 24.5 Å². The number of hydrogen-bond donors (Lipinski definition) is 0. The average Bonchev–Trinajstić information content (AvgIpc) is 3.21. The first kappa shape index (κ1) is 14.7. The Bertz CT molecular complexity index is 325. The molecule has 0 bridgehead atoms. The van der Waals surface area contributed by atoms with Gasteiger partial charge in [-0.2, -0.15) is 11.8 Å². The van der Waals surface area contributed by atoms with E-state index in [1.165, 1.54) is 11.5 Å². The number of carbonyl (C=O) groups excluding carboxylic acids is 2. The van der Waals surface area contributed by atoms with Crippen molar-refractivity contribution in [2.75, 3.05) is 24.7 Å². The summed E-state index contributed by atoms with van der Waals surface area (Å²) in [5.41, 5.74) is 0. The average molecular weight is 285 g/mol. The third-order valence-corrected chi connectivity index (χ3v) is 4.77. The van der Waals surface area contributed by atoms with Crippen LogP contribution >= 0.6 is 11.8 Å². The maximum Gasteiger partial charge on any atom is 0.325 e. The van der Waals surface area contributed by atoms with Crippen LogP contribution in [0.4, 0.5) is 0 Å². The normalized spacial score (nSPS) is 20.1. The zero-order chi connectivity index (χ0) is 13.7. The van der Waals surface area contributed by atoms with Crippen LogP contribution in [0.25, 0.3) is 0 Å². The molecule has 1 amide bonds. The second-order valence-electron chi connectivity index (χ2n) is 5.32. The van der Waals surface area contributed by atoms with Gasteiger partial charge >= 0.3 is 5.97 Å². The summed E-state index contributed by atoms with van der Waals surface area (Å²) >= 11 is 1.97. The van der Waals surface area contributed by atoms with Gasteiger partial charge in [-0.25, -0.2) is 0 Å². The number of rotatable bonds is 6. The first-order valence-electron chi connectivity index (χ1n) is 7.23. The van der Waals surface area contributed by atoms with Gasteiger partial charge in [-0.1, -0.05) is 0 Å². The molecular weight excluding hydrogens is 262 g/mol. The highest BCUT2D eigenvalue weighted by Gasteiger charge is 2.34. The summed E-state index contributed by atoms with van der Waals surface area (Å²) in [5.74, 6) is 2.71. The van der Waals surface area contributed by atoms with Crippen molar-refractivity contribution in [2.24, 2.45) is 5.92 Å². The van der Waals surface area contributed by atoms with Crippen molar-refractivity contribution in [3.8, 4) is 0 Å². The maximum absolute atomic E-state index is 12.3. The van der Waals surface area contributed by atoms with Gasteiger partial charge in [0, 0.05) is 12.5 Å². The molecule has 2 aliphatic rings. The number of esters is 1. The second kappa shape index (κ2) is 7.17. The lowest BCUT2D eigenvalue weighted by Gasteiger charge is -2.26. The molecule has 2 fully saturated rings. The fraction of sp³-hybridized carbons (Fsp3) is 0.857. The van der Waals surface area contributed by atoms with E-state index in [1.807, 2.05) is 11.8 Å². The minimum absolute atomic E-state index is 0.138. The summed E-state index contributed by atoms with van der Waals surface area (Å²) in [6.07, 6.45) is 4.94. The van der Waals surface area contributed by atoms with Crippen LogP contribution < -0.4 is 0 Å². The largest absolute Gasteiger partial charge is 0.465 e. The Labute approximate surface area is 119 Å². The molecule has 0 aromatic carbocycles. The molecule has 0 aromatic rings. The van der Waals surface area contributed by atoms with E-state index in [0.29, 0.717) is 18.9 Å². The smallest absolute Gasteiger partial charge is 0.325 e. The highest BCUT2D eigenvalue weighted by atomic mass is 32.2. The summed E-state index contributed by atoms with van der Waals surface area (Å²) in [5, 5.41) is 0. The summed E-state index contributed by atoms with van der Waals surface area (Å²) < 4.78 is 4.95. The Morgan fingerprint density at radius 1 is 1.21 bits per heavy atom. The molecule has 0 aromatic heterocycles. The number of carbonyl (C=O) groups is 2. The molecular formula is C14H23NO3S. The Hall–Kier alpha value is -0.710. The molecule has 0 spiro atoms. The Balaban J connectivity index is 1.83. The minimum Gasteiger partial charge on any atom is -0.465 e. The zero-order valence-corrected chi connectivity index (χ0v) is 12.4. The van der Waals surface area contributed by atoms with E-state index in [1.54, 1.807) is 11.8 Å². The first-order chi connectivity index (χ1) is 9.20. The molecule has 19 heavy (non-hydrogen) atoms. The van der Waals surface area contributed by atoms with Crippen LogP contribution in [0.3, 0.4) is 0 Å². The van der Waals surface area contributed by atoms with Crippen LogP contribution in [0.2, 0.25) is 0 Å². The highest BCUT2D eigenvalue weighted by Crippen LogP contribution is 2.30. The van der Waals surface area contributed by atoms with Crippen molar-refractivity contribution >= 4 is 23.6 Å². The van der Waals surface area contributed by atoms with Crippen LogP contribution in [0.1, 0.15) is 39.0 Å². The molecule has 1 aliphatic carbocycles. The third kappa shape index (κ3) is 4.71. The van der Waals surface area contributed by atoms with Crippen LogP contribution in [-0.4, -0.2) is 47.5 Å². The van der Waals surface area contributed by atoms with Gasteiger partial charge in [-0.3, -0.25) is 9.59 Å². The lowest BCUT2D eigenvalue weighted by atomic mass is 9.98. The Morgan fingerprint density at radius 2 is 1.89 bits per heavy atom.